The van der Waals surface area contributed by atoms with E-state index in [9.17, 15) is 0 Å². The maximum atomic E-state index is 5.50. The number of fused-ring (bicyclic) bond motifs is 1. The third-order valence-corrected chi connectivity index (χ3v) is 5.25. The van der Waals surface area contributed by atoms with Gasteiger partial charge in [-0.05, 0) is 46.1 Å². The van der Waals surface area contributed by atoms with Crippen molar-refractivity contribution in [3.63, 3.8) is 0 Å². The minimum absolute atomic E-state index is 0. The van der Waals surface area contributed by atoms with Crippen LogP contribution in [0.1, 0.15) is 36.1 Å². The molecule has 0 unspecified atom stereocenters. The molecular formula is C23H34IN5O3. The van der Waals surface area contributed by atoms with E-state index in [1.807, 2.05) is 26.0 Å². The second-order valence-electron chi connectivity index (χ2n) is 7.43. The van der Waals surface area contributed by atoms with E-state index >= 15 is 0 Å². The Balaban J connectivity index is 0.00000363. The first-order chi connectivity index (χ1) is 15.0. The molecule has 0 aliphatic carbocycles. The van der Waals surface area contributed by atoms with Crippen molar-refractivity contribution < 1.29 is 14.0 Å². The van der Waals surface area contributed by atoms with Crippen LogP contribution in [0.2, 0.25) is 0 Å². The van der Waals surface area contributed by atoms with Gasteiger partial charge in [-0.15, -0.1) is 24.0 Å². The van der Waals surface area contributed by atoms with Crippen molar-refractivity contribution in [1.82, 2.24) is 20.8 Å². The molecule has 0 aliphatic heterocycles. The van der Waals surface area contributed by atoms with Gasteiger partial charge in [0.25, 0.3) is 0 Å². The number of aryl methyl sites for hydroxylation is 3. The monoisotopic (exact) mass is 555 g/mol. The summed E-state index contributed by atoms with van der Waals surface area (Å²) in [7, 11) is 3.34. The number of aromatic amines is 1. The number of hydrogen-bond donors (Lipinski definition) is 3. The Labute approximate surface area is 206 Å². The third-order valence-electron chi connectivity index (χ3n) is 5.25. The first-order valence-corrected chi connectivity index (χ1v) is 10.7. The van der Waals surface area contributed by atoms with Crippen LogP contribution in [0.15, 0.2) is 27.7 Å². The molecule has 0 saturated heterocycles. The highest BCUT2D eigenvalue weighted by atomic mass is 127. The predicted octanol–water partition coefficient (Wildman–Crippen LogP) is 4.14. The first-order valence-electron chi connectivity index (χ1n) is 10.7. The van der Waals surface area contributed by atoms with E-state index in [-0.39, 0.29) is 24.0 Å². The number of rotatable bonds is 10. The lowest BCUT2D eigenvalue weighted by Crippen LogP contribution is -2.38. The minimum atomic E-state index is 0. The molecule has 0 bridgehead atoms. The van der Waals surface area contributed by atoms with Gasteiger partial charge in [0.15, 0.2) is 5.96 Å². The quantitative estimate of drug-likeness (QED) is 0.151. The van der Waals surface area contributed by atoms with Crippen LogP contribution in [0.4, 0.5) is 0 Å². The molecule has 0 radical (unpaired) electrons. The van der Waals surface area contributed by atoms with Crippen LogP contribution in [-0.2, 0) is 12.8 Å². The van der Waals surface area contributed by atoms with Crippen LogP contribution in [0, 0.1) is 13.8 Å². The van der Waals surface area contributed by atoms with Gasteiger partial charge in [-0.25, -0.2) is 0 Å². The topological polar surface area (TPSA) is 96.7 Å². The van der Waals surface area contributed by atoms with Gasteiger partial charge >= 0.3 is 0 Å². The number of hydrogen-bond acceptors (Lipinski definition) is 5. The SMILES string of the molecule is CCNC(=NCCCc1cc2c(OC)cc(OC)cc2[nH]1)NCCc1c(C)noc1C.I. The lowest BCUT2D eigenvalue weighted by molar-refractivity contribution is 0.392. The number of nitrogens with one attached hydrogen (secondary N) is 3. The fourth-order valence-electron chi connectivity index (χ4n) is 3.63. The molecule has 0 spiro atoms. The van der Waals surface area contributed by atoms with Crippen LogP contribution in [0.5, 0.6) is 11.5 Å². The molecule has 0 saturated carbocycles. The molecule has 0 atom stereocenters. The molecule has 1 aromatic carbocycles. The van der Waals surface area contributed by atoms with E-state index < -0.39 is 0 Å². The zero-order valence-corrected chi connectivity index (χ0v) is 21.8. The molecule has 0 fully saturated rings. The number of aliphatic imine (C=N–C) groups is 1. The summed E-state index contributed by atoms with van der Waals surface area (Å²) in [4.78, 5) is 8.17. The van der Waals surface area contributed by atoms with Crippen molar-refractivity contribution in [1.29, 1.82) is 0 Å². The van der Waals surface area contributed by atoms with Gasteiger partial charge in [0.05, 0.1) is 25.4 Å². The molecule has 9 heteroatoms. The summed E-state index contributed by atoms with van der Waals surface area (Å²) in [5, 5.41) is 11.8. The van der Waals surface area contributed by atoms with E-state index in [1.165, 1.54) is 0 Å². The number of ether oxygens (including phenoxy) is 2. The van der Waals surface area contributed by atoms with Gasteiger partial charge in [-0.2, -0.15) is 0 Å². The van der Waals surface area contributed by atoms with Gasteiger partial charge in [0, 0.05) is 48.4 Å². The molecule has 2 aromatic heterocycles. The van der Waals surface area contributed by atoms with Crippen LogP contribution < -0.4 is 20.1 Å². The fraction of sp³-hybridized carbons (Fsp3) is 0.478. The Kier molecular flexibility index (Phi) is 10.1. The van der Waals surface area contributed by atoms with Gasteiger partial charge in [-0.1, -0.05) is 5.16 Å². The lowest BCUT2D eigenvalue weighted by Gasteiger charge is -2.11. The molecule has 0 aliphatic rings. The lowest BCUT2D eigenvalue weighted by atomic mass is 10.1. The maximum absolute atomic E-state index is 5.50. The van der Waals surface area contributed by atoms with Crippen molar-refractivity contribution in [2.75, 3.05) is 33.9 Å². The highest BCUT2D eigenvalue weighted by Gasteiger charge is 2.10. The molecule has 3 N–H and O–H groups in total. The Morgan fingerprint density at radius 2 is 1.94 bits per heavy atom. The molecular weight excluding hydrogens is 521 g/mol. The normalized spacial score (nSPS) is 11.3. The van der Waals surface area contributed by atoms with Crippen LogP contribution >= 0.6 is 24.0 Å². The van der Waals surface area contributed by atoms with E-state index in [1.54, 1.807) is 14.2 Å². The maximum Gasteiger partial charge on any atom is 0.191 e. The number of aromatic nitrogens is 2. The zero-order chi connectivity index (χ0) is 22.2. The third kappa shape index (κ3) is 6.54. The molecule has 8 nitrogen and oxygen atoms in total. The van der Waals surface area contributed by atoms with Gasteiger partial charge in [0.2, 0.25) is 0 Å². The summed E-state index contributed by atoms with van der Waals surface area (Å²) in [6, 6.07) is 6.04. The molecule has 0 amide bonds. The smallest absolute Gasteiger partial charge is 0.191 e. The molecule has 2 heterocycles. The summed E-state index contributed by atoms with van der Waals surface area (Å²) in [6.45, 7) is 8.32. The summed E-state index contributed by atoms with van der Waals surface area (Å²) in [5.74, 6) is 3.30. The van der Waals surface area contributed by atoms with E-state index in [0.717, 1.165) is 90.0 Å². The van der Waals surface area contributed by atoms with Gasteiger partial charge < -0.3 is 29.6 Å². The number of guanidine groups is 1. The standard InChI is InChI=1S/C23H33N5O3.HI/c1-6-24-23(26-11-9-19-15(2)28-31-16(19)3)25-10-7-8-17-12-20-21(27-17)13-18(29-4)14-22(20)30-5;/h12-14,27H,6-11H2,1-5H3,(H2,24,25,26);1H. The number of methoxy groups -OCH3 is 2. The number of benzene rings is 1. The van der Waals surface area contributed by atoms with Crippen LogP contribution in [0.3, 0.4) is 0 Å². The molecule has 176 valence electrons. The van der Waals surface area contributed by atoms with E-state index in [4.69, 9.17) is 19.0 Å². The fourth-order valence-corrected chi connectivity index (χ4v) is 3.63. The number of H-pyrrole nitrogens is 1. The molecule has 32 heavy (non-hydrogen) atoms. The van der Waals surface area contributed by atoms with Crippen molar-refractivity contribution in [2.45, 2.75) is 40.0 Å². The largest absolute Gasteiger partial charge is 0.497 e. The summed E-state index contributed by atoms with van der Waals surface area (Å²) in [5.41, 5.74) is 4.29. The van der Waals surface area contributed by atoms with Crippen molar-refractivity contribution in [3.05, 3.63) is 40.9 Å². The van der Waals surface area contributed by atoms with Crippen LogP contribution in [-0.4, -0.2) is 50.0 Å². The Morgan fingerprint density at radius 1 is 1.12 bits per heavy atom. The number of halogens is 1. The van der Waals surface area contributed by atoms with E-state index in [2.05, 4.69) is 33.8 Å². The van der Waals surface area contributed by atoms with Crippen molar-refractivity contribution in [3.8, 4) is 11.5 Å². The Bertz CT molecular complexity index is 1010. The highest BCUT2D eigenvalue weighted by Crippen LogP contribution is 2.31. The second kappa shape index (κ2) is 12.6. The summed E-state index contributed by atoms with van der Waals surface area (Å²) < 4.78 is 16.1. The van der Waals surface area contributed by atoms with Gasteiger partial charge in [-0.3, -0.25) is 4.99 Å². The van der Waals surface area contributed by atoms with Gasteiger partial charge in [0.1, 0.15) is 17.3 Å². The zero-order valence-electron chi connectivity index (χ0n) is 19.5. The Morgan fingerprint density at radius 3 is 2.59 bits per heavy atom. The summed E-state index contributed by atoms with van der Waals surface area (Å²) in [6.07, 6.45) is 2.70. The van der Waals surface area contributed by atoms with Crippen LogP contribution in [0.25, 0.3) is 10.9 Å². The average molecular weight is 555 g/mol. The van der Waals surface area contributed by atoms with E-state index in [0.29, 0.717) is 0 Å². The minimum Gasteiger partial charge on any atom is -0.497 e. The van der Waals surface area contributed by atoms with Crippen molar-refractivity contribution >= 4 is 40.8 Å². The Hall–Kier alpha value is -2.43. The molecule has 3 aromatic rings. The molecule has 3 rings (SSSR count). The predicted molar refractivity (Wildman–Crippen MR) is 139 cm³/mol. The highest BCUT2D eigenvalue weighted by molar-refractivity contribution is 14.0. The first kappa shape index (κ1) is 25.8. The second-order valence-corrected chi connectivity index (χ2v) is 7.43. The summed E-state index contributed by atoms with van der Waals surface area (Å²) >= 11 is 0. The van der Waals surface area contributed by atoms with Crippen molar-refractivity contribution in [2.24, 2.45) is 4.99 Å². The number of nitrogens with zero attached hydrogens (tertiary/aromatic N) is 2. The average Bonchev–Trinajstić information content (AvgIpc) is 3.33.